The second-order valence-corrected chi connectivity index (χ2v) is 4.09. The molecule has 0 saturated carbocycles. The summed E-state index contributed by atoms with van der Waals surface area (Å²) in [7, 11) is 0. The molecule has 0 aliphatic heterocycles. The molecule has 17 heavy (non-hydrogen) atoms. The number of benzene rings is 1. The first-order chi connectivity index (χ1) is 8.36. The van der Waals surface area contributed by atoms with Crippen LogP contribution in [0.5, 0.6) is 0 Å². The molecule has 92 valence electrons. The van der Waals surface area contributed by atoms with E-state index < -0.39 is 0 Å². The SMILES string of the molecule is CCCC/N=C/c1ccc(/C=N/CCC)cc1. The molecule has 0 atom stereocenters. The first-order valence-corrected chi connectivity index (χ1v) is 6.46. The smallest absolute Gasteiger partial charge is 0.0389 e. The molecule has 0 bridgehead atoms. The summed E-state index contributed by atoms with van der Waals surface area (Å²) in [6, 6.07) is 8.34. The highest BCUT2D eigenvalue weighted by atomic mass is 14.7. The zero-order valence-electron chi connectivity index (χ0n) is 10.9. The molecule has 1 aromatic carbocycles. The average molecular weight is 230 g/mol. The van der Waals surface area contributed by atoms with Crippen LogP contribution in [-0.4, -0.2) is 25.5 Å². The molecule has 0 unspecified atom stereocenters. The fraction of sp³-hybridized carbons (Fsp3) is 0.467. The van der Waals surface area contributed by atoms with Gasteiger partial charge in [0.2, 0.25) is 0 Å². The van der Waals surface area contributed by atoms with E-state index in [0.29, 0.717) is 0 Å². The summed E-state index contributed by atoms with van der Waals surface area (Å²) in [6.45, 7) is 6.14. The van der Waals surface area contributed by atoms with E-state index in [1.165, 1.54) is 6.42 Å². The molecule has 0 N–H and O–H groups in total. The van der Waals surface area contributed by atoms with Gasteiger partial charge in [-0.1, -0.05) is 44.5 Å². The standard InChI is InChI=1S/C15H22N2/c1-3-5-11-17-13-15-8-6-14(7-9-15)12-16-10-4-2/h6-9,12-13H,3-5,10-11H2,1-2H3/b16-12+,17-13+. The highest BCUT2D eigenvalue weighted by Gasteiger charge is 1.89. The van der Waals surface area contributed by atoms with Crippen LogP contribution in [0.4, 0.5) is 0 Å². The van der Waals surface area contributed by atoms with E-state index in [1.54, 1.807) is 0 Å². The fourth-order valence-corrected chi connectivity index (χ4v) is 1.39. The Morgan fingerprint density at radius 1 is 0.824 bits per heavy atom. The third-order valence-electron chi connectivity index (χ3n) is 2.41. The Labute approximate surface area is 105 Å². The second-order valence-electron chi connectivity index (χ2n) is 4.09. The summed E-state index contributed by atoms with van der Waals surface area (Å²) >= 11 is 0. The van der Waals surface area contributed by atoms with Crippen LogP contribution in [-0.2, 0) is 0 Å². The molecule has 1 aromatic rings. The van der Waals surface area contributed by atoms with E-state index in [9.17, 15) is 0 Å². The van der Waals surface area contributed by atoms with Gasteiger partial charge in [-0.15, -0.1) is 0 Å². The topological polar surface area (TPSA) is 24.7 Å². The van der Waals surface area contributed by atoms with Gasteiger partial charge in [-0.25, -0.2) is 0 Å². The van der Waals surface area contributed by atoms with Crippen LogP contribution in [0.3, 0.4) is 0 Å². The van der Waals surface area contributed by atoms with Gasteiger partial charge in [0.25, 0.3) is 0 Å². The van der Waals surface area contributed by atoms with Gasteiger partial charge in [-0.3, -0.25) is 9.98 Å². The Kier molecular flexibility index (Phi) is 6.96. The maximum atomic E-state index is 4.38. The summed E-state index contributed by atoms with van der Waals surface area (Å²) in [6.07, 6.45) is 7.34. The molecule has 2 heteroatoms. The normalized spacial score (nSPS) is 11.6. The zero-order valence-corrected chi connectivity index (χ0v) is 10.9. The highest BCUT2D eigenvalue weighted by molar-refractivity contribution is 5.84. The summed E-state index contributed by atoms with van der Waals surface area (Å²) < 4.78 is 0. The van der Waals surface area contributed by atoms with Crippen molar-refractivity contribution in [3.63, 3.8) is 0 Å². The van der Waals surface area contributed by atoms with Crippen LogP contribution in [0.2, 0.25) is 0 Å². The molecule has 0 aliphatic rings. The van der Waals surface area contributed by atoms with Gasteiger partial charge >= 0.3 is 0 Å². The van der Waals surface area contributed by atoms with Crippen molar-refractivity contribution in [2.45, 2.75) is 33.1 Å². The van der Waals surface area contributed by atoms with Gasteiger partial charge in [0.15, 0.2) is 0 Å². The van der Waals surface area contributed by atoms with Crippen molar-refractivity contribution < 1.29 is 0 Å². The summed E-state index contributed by atoms with van der Waals surface area (Å²) in [5.41, 5.74) is 2.32. The molecule has 0 aromatic heterocycles. The molecular weight excluding hydrogens is 208 g/mol. The van der Waals surface area contributed by atoms with Gasteiger partial charge in [0.05, 0.1) is 0 Å². The van der Waals surface area contributed by atoms with E-state index in [2.05, 4.69) is 48.1 Å². The van der Waals surface area contributed by atoms with E-state index in [4.69, 9.17) is 0 Å². The first kappa shape index (κ1) is 13.6. The fourth-order valence-electron chi connectivity index (χ4n) is 1.39. The molecule has 0 aliphatic carbocycles. The largest absolute Gasteiger partial charge is 0.293 e. The Hall–Kier alpha value is -1.44. The maximum Gasteiger partial charge on any atom is 0.0389 e. The van der Waals surface area contributed by atoms with Crippen molar-refractivity contribution in [2.24, 2.45) is 9.98 Å². The van der Waals surface area contributed by atoms with Crippen molar-refractivity contribution in [3.05, 3.63) is 35.4 Å². The average Bonchev–Trinajstić information content (AvgIpc) is 2.37. The van der Waals surface area contributed by atoms with Gasteiger partial charge in [0, 0.05) is 25.5 Å². The quantitative estimate of drug-likeness (QED) is 0.503. The minimum atomic E-state index is 0.903. The lowest BCUT2D eigenvalue weighted by molar-refractivity contribution is 0.810. The predicted molar refractivity (Wildman–Crippen MR) is 76.6 cm³/mol. The second kappa shape index (κ2) is 8.68. The Morgan fingerprint density at radius 2 is 1.35 bits per heavy atom. The molecule has 0 spiro atoms. The monoisotopic (exact) mass is 230 g/mol. The third kappa shape index (κ3) is 6.00. The number of rotatable bonds is 7. The van der Waals surface area contributed by atoms with Crippen LogP contribution >= 0.6 is 0 Å². The Morgan fingerprint density at radius 3 is 1.82 bits per heavy atom. The minimum absolute atomic E-state index is 0.903. The third-order valence-corrected chi connectivity index (χ3v) is 2.41. The summed E-state index contributed by atoms with van der Waals surface area (Å²) in [5, 5.41) is 0. The van der Waals surface area contributed by atoms with Crippen molar-refractivity contribution in [2.75, 3.05) is 13.1 Å². The van der Waals surface area contributed by atoms with E-state index >= 15 is 0 Å². The van der Waals surface area contributed by atoms with Gasteiger partial charge < -0.3 is 0 Å². The number of hydrogen-bond donors (Lipinski definition) is 0. The first-order valence-electron chi connectivity index (χ1n) is 6.46. The molecule has 0 amide bonds. The van der Waals surface area contributed by atoms with Crippen molar-refractivity contribution >= 4 is 12.4 Å². The number of hydrogen-bond acceptors (Lipinski definition) is 2. The summed E-state index contributed by atoms with van der Waals surface area (Å²) in [5.74, 6) is 0. The van der Waals surface area contributed by atoms with E-state index in [1.807, 2.05) is 12.4 Å². The molecule has 0 heterocycles. The lowest BCUT2D eigenvalue weighted by atomic mass is 10.1. The highest BCUT2D eigenvalue weighted by Crippen LogP contribution is 2.00. The van der Waals surface area contributed by atoms with E-state index in [0.717, 1.165) is 37.1 Å². The molecule has 0 saturated heterocycles. The van der Waals surface area contributed by atoms with Crippen LogP contribution in [0.1, 0.15) is 44.2 Å². The zero-order chi connectivity index (χ0) is 12.3. The van der Waals surface area contributed by atoms with Crippen LogP contribution < -0.4 is 0 Å². The number of nitrogens with zero attached hydrogens (tertiary/aromatic N) is 2. The lowest BCUT2D eigenvalue weighted by Gasteiger charge is -1.95. The number of unbranched alkanes of at least 4 members (excludes halogenated alkanes) is 1. The number of aliphatic imine (C=N–C) groups is 2. The van der Waals surface area contributed by atoms with Crippen LogP contribution in [0.15, 0.2) is 34.3 Å². The Bertz CT molecular complexity index is 350. The van der Waals surface area contributed by atoms with Crippen molar-refractivity contribution in [3.8, 4) is 0 Å². The molecule has 2 nitrogen and oxygen atoms in total. The molecular formula is C15H22N2. The van der Waals surface area contributed by atoms with Crippen LogP contribution in [0.25, 0.3) is 0 Å². The summed E-state index contributed by atoms with van der Waals surface area (Å²) in [4.78, 5) is 8.70. The van der Waals surface area contributed by atoms with Crippen molar-refractivity contribution in [1.29, 1.82) is 0 Å². The minimum Gasteiger partial charge on any atom is -0.293 e. The lowest BCUT2D eigenvalue weighted by Crippen LogP contribution is -1.87. The van der Waals surface area contributed by atoms with Gasteiger partial charge in [-0.2, -0.15) is 0 Å². The van der Waals surface area contributed by atoms with Gasteiger partial charge in [0.1, 0.15) is 0 Å². The Balaban J connectivity index is 2.47. The molecule has 1 rings (SSSR count). The predicted octanol–water partition coefficient (Wildman–Crippen LogP) is 3.73. The molecule has 0 fully saturated rings. The van der Waals surface area contributed by atoms with E-state index in [-0.39, 0.29) is 0 Å². The van der Waals surface area contributed by atoms with Crippen molar-refractivity contribution in [1.82, 2.24) is 0 Å². The van der Waals surface area contributed by atoms with Crippen LogP contribution in [0, 0.1) is 0 Å². The van der Waals surface area contributed by atoms with Gasteiger partial charge in [-0.05, 0) is 24.0 Å². The maximum absolute atomic E-state index is 4.38. The molecule has 0 radical (unpaired) electrons.